The van der Waals surface area contributed by atoms with Crippen LogP contribution >= 0.6 is 0 Å². The van der Waals surface area contributed by atoms with E-state index in [1.54, 1.807) is 0 Å². The minimum absolute atomic E-state index is 0.00436. The molecule has 0 saturated carbocycles. The molecule has 0 unspecified atom stereocenters. The van der Waals surface area contributed by atoms with E-state index >= 15 is 0 Å². The highest BCUT2D eigenvalue weighted by Crippen LogP contribution is 2.16. The predicted molar refractivity (Wildman–Crippen MR) is 64.4 cm³/mol. The molecular weight excluding hydrogens is 218 g/mol. The monoisotopic (exact) mass is 239 g/mol. The number of piperidine rings is 1. The van der Waals surface area contributed by atoms with Crippen LogP contribution < -0.4 is 10.6 Å². The molecule has 0 aromatic rings. The average Bonchev–Trinajstić information content (AvgIpc) is 2.78. The second-order valence-electron chi connectivity index (χ2n) is 4.76. The van der Waals surface area contributed by atoms with Crippen LogP contribution in [0.4, 0.5) is 0 Å². The largest absolute Gasteiger partial charge is 0.344 e. The van der Waals surface area contributed by atoms with Gasteiger partial charge in [0.15, 0.2) is 0 Å². The van der Waals surface area contributed by atoms with Gasteiger partial charge in [-0.15, -0.1) is 0 Å². The topological polar surface area (TPSA) is 61.4 Å². The summed E-state index contributed by atoms with van der Waals surface area (Å²) < 4.78 is 0. The van der Waals surface area contributed by atoms with E-state index < -0.39 is 0 Å². The summed E-state index contributed by atoms with van der Waals surface area (Å²) in [4.78, 5) is 25.4. The van der Waals surface area contributed by atoms with Crippen LogP contribution in [0, 0.1) is 0 Å². The van der Waals surface area contributed by atoms with Crippen molar-refractivity contribution in [3.8, 4) is 0 Å². The van der Waals surface area contributed by atoms with E-state index in [1.807, 2.05) is 11.8 Å². The number of carbonyl (C=O) groups is 2. The molecule has 2 fully saturated rings. The molecule has 2 aliphatic heterocycles. The van der Waals surface area contributed by atoms with Gasteiger partial charge in [-0.05, 0) is 39.3 Å². The normalized spacial score (nSPS) is 25.7. The molecule has 2 rings (SSSR count). The highest BCUT2D eigenvalue weighted by Gasteiger charge is 2.33. The van der Waals surface area contributed by atoms with Gasteiger partial charge in [-0.3, -0.25) is 9.59 Å². The third-order valence-electron chi connectivity index (χ3n) is 3.67. The van der Waals surface area contributed by atoms with Crippen LogP contribution in [0.3, 0.4) is 0 Å². The summed E-state index contributed by atoms with van der Waals surface area (Å²) in [5.74, 6) is 0.106. The van der Waals surface area contributed by atoms with Crippen molar-refractivity contribution in [2.24, 2.45) is 0 Å². The number of hydrogen-bond acceptors (Lipinski definition) is 3. The zero-order valence-corrected chi connectivity index (χ0v) is 10.4. The van der Waals surface area contributed by atoms with Crippen molar-refractivity contribution in [1.82, 2.24) is 15.5 Å². The van der Waals surface area contributed by atoms with Gasteiger partial charge in [-0.25, -0.2) is 0 Å². The molecule has 0 spiro atoms. The molecule has 0 bridgehead atoms. The van der Waals surface area contributed by atoms with Gasteiger partial charge < -0.3 is 15.5 Å². The first-order chi connectivity index (χ1) is 8.22. The molecule has 5 nitrogen and oxygen atoms in total. The van der Waals surface area contributed by atoms with Gasteiger partial charge in [0, 0.05) is 19.0 Å². The Morgan fingerprint density at radius 2 is 2.06 bits per heavy atom. The standard InChI is InChI=1S/C12H21N3O2/c1-2-15(9-5-7-13-8-6-9)12(17)10-3-4-11(16)14-10/h9-10,13H,2-8H2,1H3,(H,14,16)/t10-/m0/s1. The van der Waals surface area contributed by atoms with Crippen LogP contribution in [-0.2, 0) is 9.59 Å². The summed E-state index contributed by atoms with van der Waals surface area (Å²) in [7, 11) is 0. The Kier molecular flexibility index (Phi) is 3.99. The zero-order chi connectivity index (χ0) is 12.3. The van der Waals surface area contributed by atoms with Crippen LogP contribution in [-0.4, -0.2) is 48.4 Å². The van der Waals surface area contributed by atoms with Crippen LogP contribution in [0.25, 0.3) is 0 Å². The van der Waals surface area contributed by atoms with Crippen molar-refractivity contribution in [2.75, 3.05) is 19.6 Å². The summed E-state index contributed by atoms with van der Waals surface area (Å²) in [6, 6.07) is 0.0589. The van der Waals surface area contributed by atoms with Gasteiger partial charge in [0.2, 0.25) is 11.8 Å². The smallest absolute Gasteiger partial charge is 0.245 e. The lowest BCUT2D eigenvalue weighted by Gasteiger charge is -2.35. The Labute approximate surface area is 102 Å². The molecule has 96 valence electrons. The summed E-state index contributed by atoms with van der Waals surface area (Å²) in [5, 5.41) is 6.06. The van der Waals surface area contributed by atoms with Crippen molar-refractivity contribution in [3.05, 3.63) is 0 Å². The second-order valence-corrected chi connectivity index (χ2v) is 4.76. The quantitative estimate of drug-likeness (QED) is 0.721. The molecule has 2 saturated heterocycles. The number of rotatable bonds is 3. The van der Waals surface area contributed by atoms with Gasteiger partial charge in [0.1, 0.15) is 6.04 Å². The Balaban J connectivity index is 1.96. The number of hydrogen-bond donors (Lipinski definition) is 2. The van der Waals surface area contributed by atoms with Crippen molar-refractivity contribution in [1.29, 1.82) is 0 Å². The minimum atomic E-state index is -0.280. The van der Waals surface area contributed by atoms with Crippen molar-refractivity contribution >= 4 is 11.8 Å². The molecule has 0 aliphatic carbocycles. The average molecular weight is 239 g/mol. The third-order valence-corrected chi connectivity index (χ3v) is 3.67. The van der Waals surface area contributed by atoms with Gasteiger partial charge in [0.25, 0.3) is 0 Å². The van der Waals surface area contributed by atoms with Gasteiger partial charge in [-0.1, -0.05) is 0 Å². The Morgan fingerprint density at radius 3 is 2.59 bits per heavy atom. The Hall–Kier alpha value is -1.10. The highest BCUT2D eigenvalue weighted by molar-refractivity contribution is 5.90. The Morgan fingerprint density at radius 1 is 1.35 bits per heavy atom. The first-order valence-corrected chi connectivity index (χ1v) is 6.53. The summed E-state index contributed by atoms with van der Waals surface area (Å²) in [5.41, 5.74) is 0. The number of carbonyl (C=O) groups excluding carboxylic acids is 2. The van der Waals surface area contributed by atoms with Crippen molar-refractivity contribution < 1.29 is 9.59 Å². The summed E-state index contributed by atoms with van der Waals surface area (Å²) in [6.07, 6.45) is 3.17. The molecule has 2 heterocycles. The number of nitrogens with zero attached hydrogens (tertiary/aromatic N) is 1. The van der Waals surface area contributed by atoms with Gasteiger partial charge in [0.05, 0.1) is 0 Å². The van der Waals surface area contributed by atoms with Gasteiger partial charge in [-0.2, -0.15) is 0 Å². The molecule has 5 heteroatoms. The van der Waals surface area contributed by atoms with Crippen molar-refractivity contribution in [3.63, 3.8) is 0 Å². The number of nitrogens with one attached hydrogen (secondary N) is 2. The third kappa shape index (κ3) is 2.77. The van der Waals surface area contributed by atoms with Crippen LogP contribution in [0.5, 0.6) is 0 Å². The fourth-order valence-electron chi connectivity index (χ4n) is 2.71. The summed E-state index contributed by atoms with van der Waals surface area (Å²) in [6.45, 7) is 4.70. The molecule has 2 aliphatic rings. The second kappa shape index (κ2) is 5.49. The van der Waals surface area contributed by atoms with Crippen LogP contribution in [0.15, 0.2) is 0 Å². The van der Waals surface area contributed by atoms with E-state index in [-0.39, 0.29) is 17.9 Å². The maximum atomic E-state index is 12.3. The van der Waals surface area contributed by atoms with Crippen LogP contribution in [0.2, 0.25) is 0 Å². The van der Waals surface area contributed by atoms with E-state index in [9.17, 15) is 9.59 Å². The lowest BCUT2D eigenvalue weighted by atomic mass is 10.0. The number of likely N-dealkylation sites (N-methyl/N-ethyl adjacent to an activating group) is 1. The first-order valence-electron chi connectivity index (χ1n) is 6.53. The molecule has 1 atom stereocenters. The van der Waals surface area contributed by atoms with Gasteiger partial charge >= 0.3 is 0 Å². The maximum absolute atomic E-state index is 12.3. The van der Waals surface area contributed by atoms with E-state index in [0.717, 1.165) is 32.5 Å². The maximum Gasteiger partial charge on any atom is 0.245 e. The van der Waals surface area contributed by atoms with E-state index in [0.29, 0.717) is 18.9 Å². The fraction of sp³-hybridized carbons (Fsp3) is 0.833. The van der Waals surface area contributed by atoms with Crippen LogP contribution in [0.1, 0.15) is 32.6 Å². The first kappa shape index (κ1) is 12.4. The molecular formula is C12H21N3O2. The van der Waals surface area contributed by atoms with E-state index in [2.05, 4.69) is 10.6 Å². The minimum Gasteiger partial charge on any atom is -0.344 e. The lowest BCUT2D eigenvalue weighted by molar-refractivity contribution is -0.136. The summed E-state index contributed by atoms with van der Waals surface area (Å²) >= 11 is 0. The zero-order valence-electron chi connectivity index (χ0n) is 10.4. The SMILES string of the molecule is CCN(C(=O)[C@@H]1CCC(=O)N1)C1CCNCC1. The van der Waals surface area contributed by atoms with Crippen molar-refractivity contribution in [2.45, 2.75) is 44.7 Å². The van der Waals surface area contributed by atoms with E-state index in [1.165, 1.54) is 0 Å². The highest BCUT2D eigenvalue weighted by atomic mass is 16.2. The fourth-order valence-corrected chi connectivity index (χ4v) is 2.71. The molecule has 0 radical (unpaired) electrons. The molecule has 2 amide bonds. The predicted octanol–water partition coefficient (Wildman–Crippen LogP) is -0.134. The molecule has 17 heavy (non-hydrogen) atoms. The Bertz CT molecular complexity index is 300. The molecule has 2 N–H and O–H groups in total. The molecule has 0 aromatic carbocycles. The lowest BCUT2D eigenvalue weighted by Crippen LogP contribution is -2.51. The number of amides is 2. The van der Waals surface area contributed by atoms with E-state index in [4.69, 9.17) is 0 Å². The molecule has 0 aromatic heterocycles.